The Morgan fingerprint density at radius 2 is 1.85 bits per heavy atom. The van der Waals surface area contributed by atoms with Crippen LogP contribution in [0, 0.1) is 0 Å². The van der Waals surface area contributed by atoms with E-state index in [1.165, 1.54) is 12.8 Å². The van der Waals surface area contributed by atoms with E-state index in [4.69, 9.17) is 4.98 Å². The molecule has 2 saturated heterocycles. The highest BCUT2D eigenvalue weighted by Gasteiger charge is 2.39. The number of nitrogens with one attached hydrogen (secondary N) is 1. The van der Waals surface area contributed by atoms with Crippen LogP contribution in [-0.4, -0.2) is 34.0 Å². The Labute approximate surface area is 120 Å². The van der Waals surface area contributed by atoms with Crippen LogP contribution >= 0.6 is 0 Å². The molecule has 20 heavy (non-hydrogen) atoms. The second-order valence-electron chi connectivity index (χ2n) is 7.48. The second kappa shape index (κ2) is 4.69. The van der Waals surface area contributed by atoms with Gasteiger partial charge in [-0.25, -0.2) is 4.98 Å². The Kier molecular flexibility index (Phi) is 3.24. The Bertz CT molecular complexity index is 544. The van der Waals surface area contributed by atoms with Crippen LogP contribution in [0.4, 0.5) is 0 Å². The van der Waals surface area contributed by atoms with E-state index in [9.17, 15) is 4.79 Å². The molecule has 0 radical (unpaired) electrons. The molecule has 110 valence electrons. The average Bonchev–Trinajstić information content (AvgIpc) is 2.60. The first kappa shape index (κ1) is 13.8. The molecule has 2 aliphatic heterocycles. The van der Waals surface area contributed by atoms with Gasteiger partial charge in [-0.15, -0.1) is 0 Å². The molecule has 2 fully saturated rings. The maximum Gasteiger partial charge on any atom is 0.251 e. The number of rotatable bonds is 1. The van der Waals surface area contributed by atoms with E-state index >= 15 is 0 Å². The number of hydrogen-bond acceptors (Lipinski definition) is 3. The lowest BCUT2D eigenvalue weighted by Crippen LogP contribution is -2.40. The Morgan fingerprint density at radius 3 is 2.40 bits per heavy atom. The molecule has 2 unspecified atom stereocenters. The minimum absolute atomic E-state index is 0.00815. The third-order valence-electron chi connectivity index (χ3n) is 5.01. The van der Waals surface area contributed by atoms with Gasteiger partial charge in [0, 0.05) is 29.5 Å². The summed E-state index contributed by atoms with van der Waals surface area (Å²) >= 11 is 0. The highest BCUT2D eigenvalue weighted by Crippen LogP contribution is 2.41. The van der Waals surface area contributed by atoms with Crippen molar-refractivity contribution in [3.05, 3.63) is 27.9 Å². The first-order chi connectivity index (χ1) is 9.34. The van der Waals surface area contributed by atoms with Gasteiger partial charge in [-0.2, -0.15) is 0 Å². The third kappa shape index (κ3) is 2.41. The van der Waals surface area contributed by atoms with E-state index in [1.807, 2.05) is 0 Å². The predicted molar refractivity (Wildman–Crippen MR) is 80.1 cm³/mol. The normalized spacial score (nSPS) is 30.7. The van der Waals surface area contributed by atoms with Crippen molar-refractivity contribution in [3.8, 4) is 0 Å². The standard InChI is InChI=1S/C16H25N3O/c1-16(2,3)13-9-14(20)18-15(17-13)10-7-11-5-6-12(8-10)19(11)4/h9-12H,5-8H2,1-4H3,(H,17,18,20). The number of aromatic nitrogens is 2. The van der Waals surface area contributed by atoms with Crippen LogP contribution in [0.3, 0.4) is 0 Å². The lowest BCUT2D eigenvalue weighted by molar-refractivity contribution is 0.158. The molecule has 2 atom stereocenters. The van der Waals surface area contributed by atoms with Gasteiger partial charge >= 0.3 is 0 Å². The fourth-order valence-electron chi connectivity index (χ4n) is 3.69. The summed E-state index contributed by atoms with van der Waals surface area (Å²) < 4.78 is 0. The van der Waals surface area contributed by atoms with E-state index in [-0.39, 0.29) is 11.0 Å². The van der Waals surface area contributed by atoms with Gasteiger partial charge in [-0.05, 0) is 32.7 Å². The quantitative estimate of drug-likeness (QED) is 0.856. The van der Waals surface area contributed by atoms with Gasteiger partial charge in [0.15, 0.2) is 0 Å². The summed E-state index contributed by atoms with van der Waals surface area (Å²) in [7, 11) is 2.24. The van der Waals surface area contributed by atoms with Crippen molar-refractivity contribution in [2.75, 3.05) is 7.05 Å². The van der Waals surface area contributed by atoms with Crippen LogP contribution in [0.1, 0.15) is 63.9 Å². The molecule has 2 aliphatic rings. The maximum atomic E-state index is 11.9. The molecule has 0 saturated carbocycles. The molecule has 1 aromatic heterocycles. The van der Waals surface area contributed by atoms with E-state index in [1.54, 1.807) is 6.07 Å². The van der Waals surface area contributed by atoms with E-state index < -0.39 is 0 Å². The minimum Gasteiger partial charge on any atom is -0.310 e. The average molecular weight is 275 g/mol. The highest BCUT2D eigenvalue weighted by atomic mass is 16.1. The lowest BCUT2D eigenvalue weighted by Gasteiger charge is -2.36. The van der Waals surface area contributed by atoms with Gasteiger partial charge in [-0.3, -0.25) is 4.79 Å². The summed E-state index contributed by atoms with van der Waals surface area (Å²) in [6.07, 6.45) is 4.84. The summed E-state index contributed by atoms with van der Waals surface area (Å²) in [6, 6.07) is 2.98. The van der Waals surface area contributed by atoms with Crippen LogP contribution in [-0.2, 0) is 5.41 Å². The zero-order valence-electron chi connectivity index (χ0n) is 12.9. The number of hydrogen-bond donors (Lipinski definition) is 1. The van der Waals surface area contributed by atoms with Crippen molar-refractivity contribution in [3.63, 3.8) is 0 Å². The van der Waals surface area contributed by atoms with Gasteiger partial charge in [-0.1, -0.05) is 20.8 Å². The zero-order valence-corrected chi connectivity index (χ0v) is 12.9. The molecule has 0 amide bonds. The lowest BCUT2D eigenvalue weighted by atomic mass is 9.89. The first-order valence-corrected chi connectivity index (χ1v) is 7.68. The maximum absolute atomic E-state index is 11.9. The SMILES string of the molecule is CN1C2CCC1CC(c1nc(C(C)(C)C)cc(=O)[nH]1)C2. The van der Waals surface area contributed by atoms with Gasteiger partial charge in [0.05, 0.1) is 5.69 Å². The molecule has 1 N–H and O–H groups in total. The number of aromatic amines is 1. The van der Waals surface area contributed by atoms with Crippen molar-refractivity contribution in [1.29, 1.82) is 0 Å². The molecule has 4 heteroatoms. The smallest absolute Gasteiger partial charge is 0.251 e. The third-order valence-corrected chi connectivity index (χ3v) is 5.01. The molecule has 3 rings (SSSR count). The molecule has 3 heterocycles. The number of piperidine rings is 1. The number of nitrogens with zero attached hydrogens (tertiary/aromatic N) is 2. The highest BCUT2D eigenvalue weighted by molar-refractivity contribution is 5.15. The van der Waals surface area contributed by atoms with Crippen molar-refractivity contribution in [2.45, 2.75) is 69.9 Å². The Morgan fingerprint density at radius 1 is 1.25 bits per heavy atom. The van der Waals surface area contributed by atoms with Gasteiger partial charge in [0.1, 0.15) is 5.82 Å². The summed E-state index contributed by atoms with van der Waals surface area (Å²) in [5.41, 5.74) is 0.821. The summed E-state index contributed by atoms with van der Waals surface area (Å²) in [5, 5.41) is 0. The molecule has 0 aliphatic carbocycles. The molecule has 4 nitrogen and oxygen atoms in total. The summed E-state index contributed by atoms with van der Waals surface area (Å²) in [4.78, 5) is 22.2. The van der Waals surface area contributed by atoms with Crippen LogP contribution < -0.4 is 5.56 Å². The van der Waals surface area contributed by atoms with Crippen LogP contribution in [0.5, 0.6) is 0 Å². The van der Waals surface area contributed by atoms with E-state index in [0.717, 1.165) is 24.4 Å². The zero-order chi connectivity index (χ0) is 14.5. The molecule has 2 bridgehead atoms. The number of fused-ring (bicyclic) bond motifs is 2. The van der Waals surface area contributed by atoms with E-state index in [2.05, 4.69) is 37.7 Å². The minimum atomic E-state index is -0.0759. The molecule has 1 aromatic rings. The molecular weight excluding hydrogens is 250 g/mol. The van der Waals surface area contributed by atoms with Crippen molar-refractivity contribution < 1.29 is 0 Å². The summed E-state index contributed by atoms with van der Waals surface area (Å²) in [5.74, 6) is 1.33. The van der Waals surface area contributed by atoms with Crippen LogP contribution in [0.15, 0.2) is 10.9 Å². The predicted octanol–water partition coefficient (Wildman–Crippen LogP) is 2.41. The monoisotopic (exact) mass is 275 g/mol. The van der Waals surface area contributed by atoms with Gasteiger partial charge in [0.25, 0.3) is 5.56 Å². The fraction of sp³-hybridized carbons (Fsp3) is 0.750. The van der Waals surface area contributed by atoms with Crippen LogP contribution in [0.25, 0.3) is 0 Å². The van der Waals surface area contributed by atoms with Gasteiger partial charge < -0.3 is 9.88 Å². The van der Waals surface area contributed by atoms with Gasteiger partial charge in [0.2, 0.25) is 0 Å². The summed E-state index contributed by atoms with van der Waals surface area (Å²) in [6.45, 7) is 6.32. The Hall–Kier alpha value is -1.16. The number of H-pyrrole nitrogens is 1. The largest absolute Gasteiger partial charge is 0.310 e. The molecule has 0 spiro atoms. The topological polar surface area (TPSA) is 49.0 Å². The molecular formula is C16H25N3O. The fourth-order valence-corrected chi connectivity index (χ4v) is 3.69. The van der Waals surface area contributed by atoms with Crippen molar-refractivity contribution in [1.82, 2.24) is 14.9 Å². The first-order valence-electron chi connectivity index (χ1n) is 7.68. The Balaban J connectivity index is 1.92. The van der Waals surface area contributed by atoms with E-state index in [0.29, 0.717) is 18.0 Å². The molecule has 0 aromatic carbocycles. The van der Waals surface area contributed by atoms with Crippen molar-refractivity contribution in [2.24, 2.45) is 0 Å². The second-order valence-corrected chi connectivity index (χ2v) is 7.48. The van der Waals surface area contributed by atoms with Crippen molar-refractivity contribution >= 4 is 0 Å². The van der Waals surface area contributed by atoms with Crippen LogP contribution in [0.2, 0.25) is 0 Å².